The Balaban J connectivity index is 2.24. The lowest BCUT2D eigenvalue weighted by molar-refractivity contribution is 0.0999. The van der Waals surface area contributed by atoms with Gasteiger partial charge in [0.25, 0.3) is 0 Å². The molecule has 1 aromatic heterocycles. The molecule has 0 amide bonds. The van der Waals surface area contributed by atoms with Gasteiger partial charge in [0.05, 0.1) is 25.9 Å². The van der Waals surface area contributed by atoms with Crippen molar-refractivity contribution < 1.29 is 9.47 Å². The van der Waals surface area contributed by atoms with Gasteiger partial charge in [0.1, 0.15) is 11.6 Å². The van der Waals surface area contributed by atoms with Crippen LogP contribution in [0.4, 0.5) is 5.82 Å². The molecule has 1 aromatic rings. The van der Waals surface area contributed by atoms with Gasteiger partial charge in [-0.25, -0.2) is 4.98 Å². The summed E-state index contributed by atoms with van der Waals surface area (Å²) in [4.78, 5) is 11.0. The third-order valence-electron chi connectivity index (χ3n) is 2.79. The van der Waals surface area contributed by atoms with Gasteiger partial charge in [-0.05, 0) is 13.8 Å². The van der Waals surface area contributed by atoms with Crippen LogP contribution in [0.25, 0.3) is 0 Å². The molecule has 1 aliphatic heterocycles. The van der Waals surface area contributed by atoms with Crippen molar-refractivity contribution in [3.8, 4) is 5.88 Å². The zero-order valence-electron chi connectivity index (χ0n) is 10.7. The number of rotatable bonds is 4. The Kier molecular flexibility index (Phi) is 4.77. The molecule has 1 unspecified atom stereocenters. The zero-order valence-corrected chi connectivity index (χ0v) is 12.3. The second-order valence-electron chi connectivity index (χ2n) is 4.12. The molecule has 0 radical (unpaired) electrons. The van der Waals surface area contributed by atoms with E-state index in [1.807, 2.05) is 19.9 Å². The lowest BCUT2D eigenvalue weighted by Gasteiger charge is -2.35. The molecule has 2 rings (SSSR count). The van der Waals surface area contributed by atoms with E-state index in [9.17, 15) is 0 Å². The summed E-state index contributed by atoms with van der Waals surface area (Å²) in [5, 5.41) is 0.861. The molecule has 0 saturated carbocycles. The quantitative estimate of drug-likeness (QED) is 0.793. The highest BCUT2D eigenvalue weighted by molar-refractivity contribution is 9.09. The minimum Gasteiger partial charge on any atom is -0.478 e. The standard InChI is InChI=1S/C12H18BrN3O2/c1-3-18-12-6-11(14-9(2)15-12)16-4-5-17-8-10(16)7-13/h6,10H,3-5,7-8H2,1-2H3. The van der Waals surface area contributed by atoms with Crippen molar-refractivity contribution in [1.29, 1.82) is 0 Å². The van der Waals surface area contributed by atoms with E-state index in [-0.39, 0.29) is 0 Å². The summed E-state index contributed by atoms with van der Waals surface area (Å²) in [5.41, 5.74) is 0. The predicted octanol–water partition coefficient (Wildman–Crippen LogP) is 1.78. The largest absolute Gasteiger partial charge is 0.478 e. The summed E-state index contributed by atoms with van der Waals surface area (Å²) in [6, 6.07) is 2.21. The van der Waals surface area contributed by atoms with E-state index in [4.69, 9.17) is 9.47 Å². The third kappa shape index (κ3) is 3.11. The highest BCUT2D eigenvalue weighted by Crippen LogP contribution is 2.22. The second-order valence-corrected chi connectivity index (χ2v) is 4.77. The molecule has 0 aromatic carbocycles. The van der Waals surface area contributed by atoms with E-state index in [0.29, 0.717) is 18.5 Å². The lowest BCUT2D eigenvalue weighted by Crippen LogP contribution is -2.47. The van der Waals surface area contributed by atoms with Crippen molar-refractivity contribution in [3.05, 3.63) is 11.9 Å². The number of anilines is 1. The highest BCUT2D eigenvalue weighted by Gasteiger charge is 2.24. The van der Waals surface area contributed by atoms with Crippen LogP contribution in [0.1, 0.15) is 12.7 Å². The molecule has 2 heterocycles. The van der Waals surface area contributed by atoms with Gasteiger partial charge >= 0.3 is 0 Å². The first-order chi connectivity index (χ1) is 8.74. The van der Waals surface area contributed by atoms with Crippen molar-refractivity contribution >= 4 is 21.7 Å². The number of aryl methyl sites for hydroxylation is 1. The van der Waals surface area contributed by atoms with Crippen LogP contribution >= 0.6 is 15.9 Å². The minimum atomic E-state index is 0.308. The van der Waals surface area contributed by atoms with Gasteiger partial charge in [-0.2, -0.15) is 4.98 Å². The summed E-state index contributed by atoms with van der Waals surface area (Å²) in [5.74, 6) is 2.29. The number of halogens is 1. The summed E-state index contributed by atoms with van der Waals surface area (Å²) in [6.45, 7) is 6.75. The van der Waals surface area contributed by atoms with E-state index in [0.717, 1.165) is 36.7 Å². The molecule has 0 spiro atoms. The van der Waals surface area contributed by atoms with E-state index in [2.05, 4.69) is 30.8 Å². The van der Waals surface area contributed by atoms with Gasteiger partial charge < -0.3 is 14.4 Å². The van der Waals surface area contributed by atoms with Crippen LogP contribution < -0.4 is 9.64 Å². The number of morpholine rings is 1. The monoisotopic (exact) mass is 315 g/mol. The number of ether oxygens (including phenoxy) is 2. The summed E-state index contributed by atoms with van der Waals surface area (Å²) < 4.78 is 11.0. The second kappa shape index (κ2) is 6.33. The number of alkyl halides is 1. The van der Waals surface area contributed by atoms with Crippen LogP contribution in [0.2, 0.25) is 0 Å². The maximum Gasteiger partial charge on any atom is 0.218 e. The molecule has 1 saturated heterocycles. The van der Waals surface area contributed by atoms with Crippen molar-refractivity contribution in [2.24, 2.45) is 0 Å². The van der Waals surface area contributed by atoms with Gasteiger partial charge in [0.2, 0.25) is 5.88 Å². The average Bonchev–Trinajstić information content (AvgIpc) is 2.38. The fourth-order valence-electron chi connectivity index (χ4n) is 1.98. The molecule has 1 aliphatic rings. The Hall–Kier alpha value is -0.880. The fraction of sp³-hybridized carbons (Fsp3) is 0.667. The fourth-order valence-corrected chi connectivity index (χ4v) is 2.51. The first-order valence-electron chi connectivity index (χ1n) is 6.13. The molecule has 0 aliphatic carbocycles. The topological polar surface area (TPSA) is 47.5 Å². The third-order valence-corrected chi connectivity index (χ3v) is 3.54. The Labute approximate surface area is 116 Å². The van der Waals surface area contributed by atoms with Gasteiger partial charge in [-0.15, -0.1) is 0 Å². The Bertz CT molecular complexity index is 403. The normalized spacial score (nSPS) is 19.9. The number of aromatic nitrogens is 2. The van der Waals surface area contributed by atoms with Crippen LogP contribution in [-0.4, -0.2) is 47.7 Å². The lowest BCUT2D eigenvalue weighted by atomic mass is 10.2. The van der Waals surface area contributed by atoms with Gasteiger partial charge in [0, 0.05) is 17.9 Å². The van der Waals surface area contributed by atoms with E-state index >= 15 is 0 Å². The highest BCUT2D eigenvalue weighted by atomic mass is 79.9. The summed E-state index contributed by atoms with van der Waals surface area (Å²) in [7, 11) is 0. The maximum atomic E-state index is 5.49. The number of hydrogen-bond acceptors (Lipinski definition) is 5. The first-order valence-corrected chi connectivity index (χ1v) is 7.25. The van der Waals surface area contributed by atoms with E-state index in [1.54, 1.807) is 0 Å². The molecule has 0 N–H and O–H groups in total. The molecular formula is C12H18BrN3O2. The number of nitrogens with zero attached hydrogens (tertiary/aromatic N) is 3. The Morgan fingerprint density at radius 1 is 1.56 bits per heavy atom. The Morgan fingerprint density at radius 3 is 3.11 bits per heavy atom. The van der Waals surface area contributed by atoms with E-state index in [1.165, 1.54) is 0 Å². The van der Waals surface area contributed by atoms with Crippen LogP contribution in [0.5, 0.6) is 5.88 Å². The van der Waals surface area contributed by atoms with E-state index < -0.39 is 0 Å². The SMILES string of the molecule is CCOc1cc(N2CCOCC2CBr)nc(C)n1. The van der Waals surface area contributed by atoms with Crippen LogP contribution in [0, 0.1) is 6.92 Å². The predicted molar refractivity (Wildman–Crippen MR) is 73.7 cm³/mol. The average molecular weight is 316 g/mol. The molecule has 100 valence electrons. The van der Waals surface area contributed by atoms with Crippen LogP contribution in [0.15, 0.2) is 6.07 Å². The van der Waals surface area contributed by atoms with Gasteiger partial charge in [0.15, 0.2) is 0 Å². The molecule has 6 heteroatoms. The summed E-state index contributed by atoms with van der Waals surface area (Å²) >= 11 is 3.52. The molecular weight excluding hydrogens is 298 g/mol. The maximum absolute atomic E-state index is 5.49. The molecule has 18 heavy (non-hydrogen) atoms. The molecule has 1 atom stereocenters. The van der Waals surface area contributed by atoms with Crippen molar-refractivity contribution in [3.63, 3.8) is 0 Å². The van der Waals surface area contributed by atoms with Crippen molar-refractivity contribution in [1.82, 2.24) is 9.97 Å². The zero-order chi connectivity index (χ0) is 13.0. The summed E-state index contributed by atoms with van der Waals surface area (Å²) in [6.07, 6.45) is 0. The molecule has 1 fully saturated rings. The Morgan fingerprint density at radius 2 is 2.39 bits per heavy atom. The molecule has 5 nitrogen and oxygen atoms in total. The smallest absolute Gasteiger partial charge is 0.218 e. The first kappa shape index (κ1) is 13.5. The molecule has 0 bridgehead atoms. The number of hydrogen-bond donors (Lipinski definition) is 0. The minimum absolute atomic E-state index is 0.308. The van der Waals surface area contributed by atoms with Crippen LogP contribution in [-0.2, 0) is 4.74 Å². The van der Waals surface area contributed by atoms with Gasteiger partial charge in [-0.1, -0.05) is 15.9 Å². The van der Waals surface area contributed by atoms with Crippen LogP contribution in [0.3, 0.4) is 0 Å². The van der Waals surface area contributed by atoms with Crippen molar-refractivity contribution in [2.45, 2.75) is 19.9 Å². The van der Waals surface area contributed by atoms with Gasteiger partial charge in [-0.3, -0.25) is 0 Å². The van der Waals surface area contributed by atoms with Crippen molar-refractivity contribution in [2.75, 3.05) is 36.6 Å².